The highest BCUT2D eigenvalue weighted by Gasteiger charge is 2.14. The number of ether oxygens (including phenoxy) is 2. The quantitative estimate of drug-likeness (QED) is 0.284. The molecular formula is C28H28Cl2N2O5. The van der Waals surface area contributed by atoms with Crippen molar-refractivity contribution in [2.24, 2.45) is 0 Å². The van der Waals surface area contributed by atoms with E-state index in [1.165, 1.54) is 17.7 Å². The highest BCUT2D eigenvalue weighted by atomic mass is 35.5. The summed E-state index contributed by atoms with van der Waals surface area (Å²) in [6.07, 6.45) is -0.261. The third-order valence-electron chi connectivity index (χ3n) is 5.22. The molecule has 3 aromatic carbocycles. The van der Waals surface area contributed by atoms with Crippen LogP contribution in [0.5, 0.6) is 11.5 Å². The van der Waals surface area contributed by atoms with Gasteiger partial charge in [-0.2, -0.15) is 0 Å². The van der Waals surface area contributed by atoms with Gasteiger partial charge < -0.3 is 20.1 Å². The summed E-state index contributed by atoms with van der Waals surface area (Å²) in [6.45, 7) is 5.97. The van der Waals surface area contributed by atoms with E-state index in [-0.39, 0.29) is 29.2 Å². The molecule has 0 aromatic heterocycles. The fourth-order valence-corrected chi connectivity index (χ4v) is 3.49. The van der Waals surface area contributed by atoms with Crippen LogP contribution < -0.4 is 15.4 Å². The molecule has 0 atom stereocenters. The van der Waals surface area contributed by atoms with Gasteiger partial charge in [-0.05, 0) is 65.6 Å². The number of nitrogens with one attached hydrogen (secondary N) is 2. The third-order valence-corrected chi connectivity index (χ3v) is 5.96. The van der Waals surface area contributed by atoms with Crippen LogP contribution in [-0.2, 0) is 24.5 Å². The maximum atomic E-state index is 12.2. The predicted octanol–water partition coefficient (Wildman–Crippen LogP) is 6.98. The minimum atomic E-state index is -0.666. The predicted molar refractivity (Wildman–Crippen MR) is 146 cm³/mol. The average Bonchev–Trinajstić information content (AvgIpc) is 2.85. The van der Waals surface area contributed by atoms with Crippen molar-refractivity contribution in [2.45, 2.75) is 39.0 Å². The zero-order chi connectivity index (χ0) is 27.0. The van der Waals surface area contributed by atoms with Gasteiger partial charge in [0.2, 0.25) is 5.91 Å². The second kappa shape index (κ2) is 12.6. The van der Waals surface area contributed by atoms with Crippen molar-refractivity contribution >= 4 is 52.4 Å². The van der Waals surface area contributed by atoms with Crippen LogP contribution in [0.1, 0.15) is 39.2 Å². The minimum absolute atomic E-state index is 0.0665. The third kappa shape index (κ3) is 9.12. The van der Waals surface area contributed by atoms with Gasteiger partial charge in [-0.25, -0.2) is 0 Å². The summed E-state index contributed by atoms with van der Waals surface area (Å²) in [5.41, 5.74) is 2.27. The Morgan fingerprint density at radius 2 is 1.30 bits per heavy atom. The molecule has 0 radical (unpaired) electrons. The molecule has 0 aliphatic rings. The van der Waals surface area contributed by atoms with Gasteiger partial charge in [-0.1, -0.05) is 56.1 Å². The maximum absolute atomic E-state index is 12.2. The summed E-state index contributed by atoms with van der Waals surface area (Å²) in [6, 6.07) is 19.4. The Morgan fingerprint density at radius 1 is 0.730 bits per heavy atom. The highest BCUT2D eigenvalue weighted by Crippen LogP contribution is 2.28. The molecule has 0 bridgehead atoms. The van der Waals surface area contributed by atoms with Crippen molar-refractivity contribution in [2.75, 3.05) is 17.2 Å². The smallest absolute Gasteiger partial charge is 0.306 e. The van der Waals surface area contributed by atoms with E-state index >= 15 is 0 Å². The fraction of sp³-hybridized carbons (Fsp3) is 0.250. The molecule has 2 amide bonds. The Bertz CT molecular complexity index is 1250. The van der Waals surface area contributed by atoms with Gasteiger partial charge >= 0.3 is 5.97 Å². The van der Waals surface area contributed by atoms with Crippen LogP contribution >= 0.6 is 23.2 Å². The number of hydrogen-bond donors (Lipinski definition) is 2. The first-order valence-corrected chi connectivity index (χ1v) is 12.3. The lowest BCUT2D eigenvalue weighted by Crippen LogP contribution is -2.21. The van der Waals surface area contributed by atoms with Crippen molar-refractivity contribution in [1.29, 1.82) is 0 Å². The topological polar surface area (TPSA) is 93.7 Å². The van der Waals surface area contributed by atoms with E-state index in [2.05, 4.69) is 31.4 Å². The number of esters is 1. The van der Waals surface area contributed by atoms with Crippen LogP contribution in [0.25, 0.3) is 0 Å². The molecule has 0 heterocycles. The number of benzene rings is 3. The molecule has 0 saturated carbocycles. The van der Waals surface area contributed by atoms with E-state index in [9.17, 15) is 14.4 Å². The van der Waals surface area contributed by atoms with E-state index in [0.29, 0.717) is 27.9 Å². The number of hydrogen-bond acceptors (Lipinski definition) is 5. The van der Waals surface area contributed by atoms with E-state index in [4.69, 9.17) is 32.7 Å². The first-order valence-electron chi connectivity index (χ1n) is 11.6. The molecule has 9 heteroatoms. The molecule has 3 aromatic rings. The molecule has 0 unspecified atom stereocenters. The van der Waals surface area contributed by atoms with E-state index < -0.39 is 18.5 Å². The van der Waals surface area contributed by atoms with Crippen molar-refractivity contribution in [3.05, 3.63) is 82.3 Å². The fourth-order valence-electron chi connectivity index (χ4n) is 3.19. The first kappa shape index (κ1) is 28.0. The maximum Gasteiger partial charge on any atom is 0.306 e. The normalized spacial score (nSPS) is 10.9. The molecule has 2 N–H and O–H groups in total. The van der Waals surface area contributed by atoms with Gasteiger partial charge in [0.15, 0.2) is 6.61 Å². The number of rotatable bonds is 9. The van der Waals surface area contributed by atoms with Gasteiger partial charge in [0, 0.05) is 17.8 Å². The summed E-state index contributed by atoms with van der Waals surface area (Å²) in [5.74, 6) is -0.217. The molecule has 3 rings (SSSR count). The summed E-state index contributed by atoms with van der Waals surface area (Å²) in [4.78, 5) is 36.0. The lowest BCUT2D eigenvalue weighted by Gasteiger charge is -2.19. The summed E-state index contributed by atoms with van der Waals surface area (Å²) >= 11 is 11.7. The van der Waals surface area contributed by atoms with E-state index in [1.807, 2.05) is 24.3 Å². The van der Waals surface area contributed by atoms with Gasteiger partial charge in [-0.15, -0.1) is 0 Å². The molecule has 0 aliphatic carbocycles. The second-order valence-electron chi connectivity index (χ2n) is 9.29. The first-order chi connectivity index (χ1) is 17.5. The van der Waals surface area contributed by atoms with E-state index in [1.54, 1.807) is 30.3 Å². The standard InChI is InChI=1S/C28H28Cl2N2O5/c1-28(2,3)18-4-9-21(10-5-18)37-22-11-6-19(7-12-22)31-25(33)14-15-27(35)36-17-26(34)32-20-8-13-23(29)24(30)16-20/h4-13,16H,14-15,17H2,1-3H3,(H,31,33)(H,32,34). The Labute approximate surface area is 226 Å². The molecule has 194 valence electrons. The van der Waals surface area contributed by atoms with Crippen LogP contribution in [0, 0.1) is 0 Å². The van der Waals surface area contributed by atoms with Crippen LogP contribution in [-0.4, -0.2) is 24.4 Å². The molecule has 0 spiro atoms. The van der Waals surface area contributed by atoms with Crippen LogP contribution in [0.2, 0.25) is 10.0 Å². The molecule has 37 heavy (non-hydrogen) atoms. The summed E-state index contributed by atoms with van der Waals surface area (Å²) in [5, 5.41) is 5.90. The van der Waals surface area contributed by atoms with Crippen LogP contribution in [0.3, 0.4) is 0 Å². The average molecular weight is 543 g/mol. The zero-order valence-electron chi connectivity index (χ0n) is 20.8. The largest absolute Gasteiger partial charge is 0.457 e. The number of amides is 2. The van der Waals surface area contributed by atoms with Crippen LogP contribution in [0.4, 0.5) is 11.4 Å². The highest BCUT2D eigenvalue weighted by molar-refractivity contribution is 6.42. The number of carbonyl (C=O) groups is 3. The number of carbonyl (C=O) groups excluding carboxylic acids is 3. The Hall–Kier alpha value is -3.55. The van der Waals surface area contributed by atoms with Gasteiger partial charge in [0.05, 0.1) is 16.5 Å². The molecule has 7 nitrogen and oxygen atoms in total. The Kier molecular flexibility index (Phi) is 9.55. The van der Waals surface area contributed by atoms with Gasteiger partial charge in [-0.3, -0.25) is 14.4 Å². The molecule has 0 saturated heterocycles. The van der Waals surface area contributed by atoms with Crippen molar-refractivity contribution in [3.63, 3.8) is 0 Å². The Balaban J connectivity index is 1.38. The summed E-state index contributed by atoms with van der Waals surface area (Å²) in [7, 11) is 0. The van der Waals surface area contributed by atoms with Crippen molar-refractivity contribution < 1.29 is 23.9 Å². The lowest BCUT2D eigenvalue weighted by atomic mass is 9.87. The monoisotopic (exact) mass is 542 g/mol. The lowest BCUT2D eigenvalue weighted by molar-refractivity contribution is -0.147. The Morgan fingerprint density at radius 3 is 1.89 bits per heavy atom. The molecule has 0 aliphatic heterocycles. The number of halogens is 2. The minimum Gasteiger partial charge on any atom is -0.457 e. The van der Waals surface area contributed by atoms with Crippen LogP contribution in [0.15, 0.2) is 66.7 Å². The van der Waals surface area contributed by atoms with Crippen molar-refractivity contribution in [3.8, 4) is 11.5 Å². The van der Waals surface area contributed by atoms with Gasteiger partial charge in [0.1, 0.15) is 11.5 Å². The number of anilines is 2. The molecule has 0 fully saturated rings. The second-order valence-corrected chi connectivity index (χ2v) is 10.1. The van der Waals surface area contributed by atoms with Gasteiger partial charge in [0.25, 0.3) is 5.91 Å². The van der Waals surface area contributed by atoms with Crippen molar-refractivity contribution in [1.82, 2.24) is 0 Å². The summed E-state index contributed by atoms with van der Waals surface area (Å²) < 4.78 is 10.8. The zero-order valence-corrected chi connectivity index (χ0v) is 22.3. The molecular weight excluding hydrogens is 515 g/mol. The van der Waals surface area contributed by atoms with E-state index in [0.717, 1.165) is 0 Å². The SMILES string of the molecule is CC(C)(C)c1ccc(Oc2ccc(NC(=O)CCC(=O)OCC(=O)Nc3ccc(Cl)c(Cl)c3)cc2)cc1.